The molecule has 0 aliphatic heterocycles. The molecule has 2 heteroatoms. The molecule has 0 atom stereocenters. The van der Waals surface area contributed by atoms with Crippen molar-refractivity contribution in [2.45, 2.75) is 44.9 Å². The first-order valence-corrected chi connectivity index (χ1v) is 5.75. The number of hydrogen-bond donors (Lipinski definition) is 2. The molecule has 0 amide bonds. The summed E-state index contributed by atoms with van der Waals surface area (Å²) in [5.41, 5.74) is 0. The zero-order valence-corrected chi connectivity index (χ0v) is 8.60. The van der Waals surface area contributed by atoms with Gasteiger partial charge < -0.3 is 10.4 Å². The molecule has 1 fully saturated rings. The van der Waals surface area contributed by atoms with Gasteiger partial charge in [0.15, 0.2) is 0 Å². The molecule has 13 heavy (non-hydrogen) atoms. The highest BCUT2D eigenvalue weighted by Crippen LogP contribution is 2.26. The molecule has 0 unspecified atom stereocenters. The summed E-state index contributed by atoms with van der Waals surface area (Å²) in [6.07, 6.45) is 9.23. The summed E-state index contributed by atoms with van der Waals surface area (Å²) in [7, 11) is 0. The second-order valence-corrected chi connectivity index (χ2v) is 4.12. The molecule has 0 heterocycles. The highest BCUT2D eigenvalue weighted by atomic mass is 16.2. The molecule has 1 rings (SSSR count). The van der Waals surface area contributed by atoms with Gasteiger partial charge in [0.05, 0.1) is 0 Å². The van der Waals surface area contributed by atoms with Crippen molar-refractivity contribution in [3.63, 3.8) is 0 Å². The topological polar surface area (TPSA) is 32.3 Å². The van der Waals surface area contributed by atoms with Crippen LogP contribution in [-0.2, 0) is 0 Å². The van der Waals surface area contributed by atoms with Crippen molar-refractivity contribution in [2.75, 3.05) is 19.7 Å². The quantitative estimate of drug-likeness (QED) is 0.594. The fraction of sp³-hybridized carbons (Fsp3) is 1.00. The van der Waals surface area contributed by atoms with E-state index >= 15 is 0 Å². The van der Waals surface area contributed by atoms with Crippen LogP contribution in [0.25, 0.3) is 0 Å². The number of hydrogen-bond acceptors (Lipinski definition) is 2. The van der Waals surface area contributed by atoms with E-state index in [4.69, 9.17) is 5.11 Å². The Morgan fingerprint density at radius 1 is 1.08 bits per heavy atom. The molecule has 0 saturated heterocycles. The first kappa shape index (κ1) is 11.0. The first-order chi connectivity index (χ1) is 6.43. The molecule has 2 nitrogen and oxygen atoms in total. The van der Waals surface area contributed by atoms with Gasteiger partial charge in [-0.2, -0.15) is 0 Å². The lowest BCUT2D eigenvalue weighted by Gasteiger charge is -2.09. The van der Waals surface area contributed by atoms with Crippen LogP contribution in [0.4, 0.5) is 0 Å². The number of nitrogens with one attached hydrogen (secondary N) is 1. The van der Waals surface area contributed by atoms with Gasteiger partial charge in [-0.25, -0.2) is 0 Å². The molecule has 78 valence electrons. The van der Waals surface area contributed by atoms with E-state index in [1.54, 1.807) is 0 Å². The van der Waals surface area contributed by atoms with Crippen molar-refractivity contribution in [2.24, 2.45) is 5.92 Å². The van der Waals surface area contributed by atoms with Gasteiger partial charge in [0.2, 0.25) is 0 Å². The minimum absolute atomic E-state index is 0.338. The Kier molecular flexibility index (Phi) is 6.21. The number of rotatable bonds is 7. The van der Waals surface area contributed by atoms with Crippen molar-refractivity contribution >= 4 is 0 Å². The lowest BCUT2D eigenvalue weighted by Crippen LogP contribution is -2.18. The average molecular weight is 185 g/mol. The maximum atomic E-state index is 8.57. The molecule has 2 N–H and O–H groups in total. The normalized spacial score (nSPS) is 18.2. The van der Waals surface area contributed by atoms with Gasteiger partial charge in [-0.15, -0.1) is 0 Å². The predicted octanol–water partition coefficient (Wildman–Crippen LogP) is 1.93. The molecule has 1 aliphatic rings. The lowest BCUT2D eigenvalue weighted by atomic mass is 10.0. The van der Waals surface area contributed by atoms with E-state index in [0.29, 0.717) is 6.61 Å². The fourth-order valence-electron chi connectivity index (χ4n) is 2.09. The molecular weight excluding hydrogens is 162 g/mol. The van der Waals surface area contributed by atoms with Gasteiger partial charge >= 0.3 is 0 Å². The van der Waals surface area contributed by atoms with Gasteiger partial charge in [0, 0.05) is 6.61 Å². The second kappa shape index (κ2) is 7.34. The zero-order chi connectivity index (χ0) is 9.36. The van der Waals surface area contributed by atoms with E-state index in [-0.39, 0.29) is 0 Å². The Hall–Kier alpha value is -0.0800. The van der Waals surface area contributed by atoms with Gasteiger partial charge in [0.25, 0.3) is 0 Å². The van der Waals surface area contributed by atoms with Crippen molar-refractivity contribution in [3.8, 4) is 0 Å². The smallest absolute Gasteiger partial charge is 0.0431 e. The summed E-state index contributed by atoms with van der Waals surface area (Å²) in [5, 5.41) is 12.0. The number of aliphatic hydroxyl groups is 1. The highest BCUT2D eigenvalue weighted by molar-refractivity contribution is 4.67. The molecule has 1 saturated carbocycles. The van der Waals surface area contributed by atoms with Crippen molar-refractivity contribution in [1.82, 2.24) is 5.32 Å². The van der Waals surface area contributed by atoms with Crippen LogP contribution in [0.5, 0.6) is 0 Å². The van der Waals surface area contributed by atoms with Crippen LogP contribution in [0.2, 0.25) is 0 Å². The lowest BCUT2D eigenvalue weighted by molar-refractivity contribution is 0.283. The summed E-state index contributed by atoms with van der Waals surface area (Å²) >= 11 is 0. The van der Waals surface area contributed by atoms with Crippen LogP contribution in [0.15, 0.2) is 0 Å². The van der Waals surface area contributed by atoms with Crippen LogP contribution in [-0.4, -0.2) is 24.8 Å². The van der Waals surface area contributed by atoms with Crippen molar-refractivity contribution < 1.29 is 5.11 Å². The molecule has 0 aromatic carbocycles. The van der Waals surface area contributed by atoms with Crippen LogP contribution in [0.1, 0.15) is 44.9 Å². The van der Waals surface area contributed by atoms with E-state index in [1.165, 1.54) is 38.6 Å². The van der Waals surface area contributed by atoms with Gasteiger partial charge in [-0.1, -0.05) is 25.7 Å². The third-order valence-corrected chi connectivity index (χ3v) is 2.97. The number of unbranched alkanes of at least 4 members (excludes halogenated alkanes) is 1. The second-order valence-electron chi connectivity index (χ2n) is 4.12. The summed E-state index contributed by atoms with van der Waals surface area (Å²) in [6.45, 7) is 2.59. The molecular formula is C11H23NO. The Morgan fingerprint density at radius 3 is 2.54 bits per heavy atom. The summed E-state index contributed by atoms with van der Waals surface area (Å²) in [4.78, 5) is 0. The largest absolute Gasteiger partial charge is 0.396 e. The molecule has 0 bridgehead atoms. The summed E-state index contributed by atoms with van der Waals surface area (Å²) in [6, 6.07) is 0. The Morgan fingerprint density at radius 2 is 1.85 bits per heavy atom. The van der Waals surface area contributed by atoms with Crippen LogP contribution >= 0.6 is 0 Å². The molecule has 1 aliphatic carbocycles. The van der Waals surface area contributed by atoms with Gasteiger partial charge in [-0.3, -0.25) is 0 Å². The monoisotopic (exact) mass is 185 g/mol. The Bertz CT molecular complexity index is 111. The minimum Gasteiger partial charge on any atom is -0.396 e. The Labute approximate surface area is 81.7 Å². The molecule has 0 aromatic rings. The van der Waals surface area contributed by atoms with E-state index in [2.05, 4.69) is 5.32 Å². The molecule has 0 aromatic heterocycles. The maximum absolute atomic E-state index is 8.57. The maximum Gasteiger partial charge on any atom is 0.0431 e. The molecule has 0 spiro atoms. The fourth-order valence-corrected chi connectivity index (χ4v) is 2.09. The predicted molar refractivity (Wildman–Crippen MR) is 55.8 cm³/mol. The van der Waals surface area contributed by atoms with Gasteiger partial charge in [0.1, 0.15) is 0 Å². The van der Waals surface area contributed by atoms with E-state index < -0.39 is 0 Å². The zero-order valence-electron chi connectivity index (χ0n) is 8.60. The number of aliphatic hydroxyl groups excluding tert-OH is 1. The third-order valence-electron chi connectivity index (χ3n) is 2.97. The van der Waals surface area contributed by atoms with Crippen LogP contribution in [0, 0.1) is 5.92 Å². The molecule has 0 radical (unpaired) electrons. The standard InChI is InChI=1S/C11H23NO/c13-10-4-3-8-12-9-7-11-5-1-2-6-11/h11-13H,1-10H2. The highest BCUT2D eigenvalue weighted by Gasteiger charge is 2.13. The Balaban J connectivity index is 1.78. The first-order valence-electron chi connectivity index (χ1n) is 5.75. The van der Waals surface area contributed by atoms with E-state index in [0.717, 1.165) is 25.3 Å². The van der Waals surface area contributed by atoms with E-state index in [1.807, 2.05) is 0 Å². The van der Waals surface area contributed by atoms with Gasteiger partial charge in [-0.05, 0) is 38.3 Å². The van der Waals surface area contributed by atoms with Crippen molar-refractivity contribution in [1.29, 1.82) is 0 Å². The van der Waals surface area contributed by atoms with Crippen molar-refractivity contribution in [3.05, 3.63) is 0 Å². The minimum atomic E-state index is 0.338. The average Bonchev–Trinajstić information content (AvgIpc) is 2.63. The van der Waals surface area contributed by atoms with Crippen LogP contribution in [0.3, 0.4) is 0 Å². The third kappa shape index (κ3) is 5.27. The van der Waals surface area contributed by atoms with E-state index in [9.17, 15) is 0 Å². The SMILES string of the molecule is OCCCCNCCC1CCCC1. The summed E-state index contributed by atoms with van der Waals surface area (Å²) < 4.78 is 0. The summed E-state index contributed by atoms with van der Waals surface area (Å²) in [5.74, 6) is 1.00. The van der Waals surface area contributed by atoms with Crippen LogP contribution < -0.4 is 5.32 Å².